The number of halogens is 5. The molecule has 2 aromatic carbocycles. The molecule has 2 aromatic rings. The minimum Gasteiger partial charge on any atom is -0.487 e. The molecule has 0 unspecified atom stereocenters. The molecule has 0 bridgehead atoms. The van der Waals surface area contributed by atoms with Crippen LogP contribution < -0.4 is 4.74 Å². The second-order valence-electron chi connectivity index (χ2n) is 4.34. The van der Waals surface area contributed by atoms with E-state index in [1.807, 2.05) is 0 Å². The third-order valence-corrected chi connectivity index (χ3v) is 3.74. The minimum absolute atomic E-state index is 0.0978. The maximum atomic E-state index is 12.8. The van der Waals surface area contributed by atoms with E-state index in [2.05, 4.69) is 0 Å². The van der Waals surface area contributed by atoms with E-state index in [0.29, 0.717) is 6.29 Å². The molecule has 0 spiro atoms. The monoisotopic (exact) mass is 348 g/mol. The fourth-order valence-corrected chi connectivity index (χ4v) is 2.31. The van der Waals surface area contributed by atoms with Gasteiger partial charge in [0.25, 0.3) is 0 Å². The van der Waals surface area contributed by atoms with Gasteiger partial charge in [0.15, 0.2) is 6.29 Å². The first-order valence-corrected chi connectivity index (χ1v) is 6.81. The number of ether oxygens (including phenoxy) is 1. The van der Waals surface area contributed by atoms with Crippen LogP contribution in [0.2, 0.25) is 10.0 Å². The predicted molar refractivity (Wildman–Crippen MR) is 77.6 cm³/mol. The number of carbonyl (C=O) groups excluding carboxylic acids is 1. The molecule has 0 radical (unpaired) electrons. The number of carbonyl (C=O) groups is 1. The van der Waals surface area contributed by atoms with Gasteiger partial charge in [-0.3, -0.25) is 4.79 Å². The summed E-state index contributed by atoms with van der Waals surface area (Å²) >= 11 is 11.7. The Kier molecular flexibility index (Phi) is 4.98. The van der Waals surface area contributed by atoms with Gasteiger partial charge < -0.3 is 4.74 Å². The molecule has 0 amide bonds. The van der Waals surface area contributed by atoms with Gasteiger partial charge in [0, 0.05) is 11.1 Å². The Labute approximate surface area is 134 Å². The van der Waals surface area contributed by atoms with Crippen LogP contribution in [0.25, 0.3) is 0 Å². The average Bonchev–Trinajstić information content (AvgIpc) is 2.46. The molecule has 2 rings (SSSR count). The molecule has 7 heteroatoms. The normalized spacial score (nSPS) is 11.3. The number of alkyl halides is 3. The molecule has 0 fully saturated rings. The molecule has 0 N–H and O–H groups in total. The Morgan fingerprint density at radius 2 is 1.73 bits per heavy atom. The van der Waals surface area contributed by atoms with Gasteiger partial charge in [-0.05, 0) is 18.2 Å². The first-order chi connectivity index (χ1) is 10.3. The predicted octanol–water partition coefficient (Wildman–Crippen LogP) is 5.40. The van der Waals surface area contributed by atoms with Crippen molar-refractivity contribution in [1.29, 1.82) is 0 Å². The molecule has 0 aliphatic carbocycles. The van der Waals surface area contributed by atoms with E-state index in [4.69, 9.17) is 27.9 Å². The van der Waals surface area contributed by atoms with Gasteiger partial charge in [-0.2, -0.15) is 13.2 Å². The zero-order valence-corrected chi connectivity index (χ0v) is 12.5. The standard InChI is InChI=1S/C15H9Cl2F3O2/c16-13-10(4-1-5-11(13)15(18,19)20)8-22-12-6-2-3-9(7-21)14(12)17/h1-7H,8H2. The van der Waals surface area contributed by atoms with Gasteiger partial charge in [-0.15, -0.1) is 0 Å². The molecule has 0 saturated carbocycles. The van der Waals surface area contributed by atoms with Crippen molar-refractivity contribution in [1.82, 2.24) is 0 Å². The topological polar surface area (TPSA) is 26.3 Å². The van der Waals surface area contributed by atoms with Crippen molar-refractivity contribution in [2.24, 2.45) is 0 Å². The van der Waals surface area contributed by atoms with Gasteiger partial charge in [0.1, 0.15) is 12.4 Å². The molecule has 0 aliphatic heterocycles. The van der Waals surface area contributed by atoms with E-state index >= 15 is 0 Å². The van der Waals surface area contributed by atoms with E-state index in [9.17, 15) is 18.0 Å². The molecule has 0 saturated heterocycles. The van der Waals surface area contributed by atoms with E-state index in [0.717, 1.165) is 6.07 Å². The molecular formula is C15H9Cl2F3O2. The van der Waals surface area contributed by atoms with Crippen molar-refractivity contribution in [3.8, 4) is 5.75 Å². The van der Waals surface area contributed by atoms with E-state index in [1.165, 1.54) is 24.3 Å². The molecule has 0 aliphatic rings. The number of hydrogen-bond donors (Lipinski definition) is 0. The summed E-state index contributed by atoms with van der Waals surface area (Å²) in [6.45, 7) is -0.204. The Hall–Kier alpha value is -1.72. The molecular weight excluding hydrogens is 340 g/mol. The number of rotatable bonds is 4. The van der Waals surface area contributed by atoms with Crippen LogP contribution in [0.1, 0.15) is 21.5 Å². The maximum Gasteiger partial charge on any atom is 0.417 e. The highest BCUT2D eigenvalue weighted by molar-refractivity contribution is 6.34. The van der Waals surface area contributed by atoms with Crippen LogP contribution in [0.5, 0.6) is 5.75 Å². The van der Waals surface area contributed by atoms with Crippen molar-refractivity contribution in [2.75, 3.05) is 0 Å². The van der Waals surface area contributed by atoms with Crippen LogP contribution in [0.4, 0.5) is 13.2 Å². The van der Waals surface area contributed by atoms with E-state index in [-0.39, 0.29) is 28.5 Å². The Morgan fingerprint density at radius 1 is 1.05 bits per heavy atom. The lowest BCUT2D eigenvalue weighted by atomic mass is 10.1. The second kappa shape index (κ2) is 6.58. The average molecular weight is 349 g/mol. The van der Waals surface area contributed by atoms with Crippen molar-refractivity contribution in [3.63, 3.8) is 0 Å². The zero-order valence-electron chi connectivity index (χ0n) is 11.0. The van der Waals surface area contributed by atoms with Crippen molar-refractivity contribution >= 4 is 29.5 Å². The van der Waals surface area contributed by atoms with Gasteiger partial charge in [-0.25, -0.2) is 0 Å². The van der Waals surface area contributed by atoms with Crippen molar-refractivity contribution in [2.45, 2.75) is 12.8 Å². The minimum atomic E-state index is -4.54. The fourth-order valence-electron chi connectivity index (χ4n) is 1.80. The van der Waals surface area contributed by atoms with Crippen molar-refractivity contribution < 1.29 is 22.7 Å². The summed E-state index contributed by atoms with van der Waals surface area (Å²) in [5.74, 6) is 0.194. The molecule has 22 heavy (non-hydrogen) atoms. The quantitative estimate of drug-likeness (QED) is 0.691. The van der Waals surface area contributed by atoms with Crippen LogP contribution in [-0.4, -0.2) is 6.29 Å². The molecule has 0 atom stereocenters. The molecule has 0 heterocycles. The largest absolute Gasteiger partial charge is 0.487 e. The summed E-state index contributed by atoms with van der Waals surface area (Å²) in [6, 6.07) is 8.13. The molecule has 116 valence electrons. The SMILES string of the molecule is O=Cc1cccc(OCc2cccc(C(F)(F)F)c2Cl)c1Cl. The highest BCUT2D eigenvalue weighted by atomic mass is 35.5. The smallest absolute Gasteiger partial charge is 0.417 e. The van der Waals surface area contributed by atoms with Crippen LogP contribution in [-0.2, 0) is 12.8 Å². The summed E-state index contributed by atoms with van der Waals surface area (Å²) in [5, 5.41) is -0.321. The summed E-state index contributed by atoms with van der Waals surface area (Å²) < 4.78 is 43.7. The lowest BCUT2D eigenvalue weighted by molar-refractivity contribution is -0.137. The number of aldehydes is 1. The first-order valence-electron chi connectivity index (χ1n) is 6.05. The first kappa shape index (κ1) is 16.6. The number of benzene rings is 2. The highest BCUT2D eigenvalue weighted by Gasteiger charge is 2.33. The molecule has 0 aromatic heterocycles. The van der Waals surface area contributed by atoms with Crippen LogP contribution in [0, 0.1) is 0 Å². The van der Waals surface area contributed by atoms with Crippen molar-refractivity contribution in [3.05, 3.63) is 63.1 Å². The number of hydrogen-bond acceptors (Lipinski definition) is 2. The maximum absolute atomic E-state index is 12.8. The zero-order chi connectivity index (χ0) is 16.3. The van der Waals surface area contributed by atoms with Gasteiger partial charge in [0.05, 0.1) is 15.6 Å². The Morgan fingerprint density at radius 3 is 2.36 bits per heavy atom. The fraction of sp³-hybridized carbons (Fsp3) is 0.133. The van der Waals surface area contributed by atoms with Crippen LogP contribution in [0.3, 0.4) is 0 Å². The van der Waals surface area contributed by atoms with E-state index < -0.39 is 16.8 Å². The lowest BCUT2D eigenvalue weighted by Crippen LogP contribution is -2.08. The second-order valence-corrected chi connectivity index (χ2v) is 5.10. The Bertz CT molecular complexity index is 700. The van der Waals surface area contributed by atoms with Gasteiger partial charge >= 0.3 is 6.18 Å². The lowest BCUT2D eigenvalue weighted by Gasteiger charge is -2.14. The summed E-state index contributed by atoms with van der Waals surface area (Å²) in [6.07, 6.45) is -3.98. The Balaban J connectivity index is 2.25. The third kappa shape index (κ3) is 3.54. The summed E-state index contributed by atoms with van der Waals surface area (Å²) in [5.41, 5.74) is -0.527. The van der Waals surface area contributed by atoms with Crippen LogP contribution >= 0.6 is 23.2 Å². The summed E-state index contributed by atoms with van der Waals surface area (Å²) in [4.78, 5) is 10.8. The van der Waals surface area contributed by atoms with Gasteiger partial charge in [0.2, 0.25) is 0 Å². The van der Waals surface area contributed by atoms with Crippen LogP contribution in [0.15, 0.2) is 36.4 Å². The molecule has 2 nitrogen and oxygen atoms in total. The van der Waals surface area contributed by atoms with E-state index in [1.54, 1.807) is 6.07 Å². The highest BCUT2D eigenvalue weighted by Crippen LogP contribution is 2.37. The van der Waals surface area contributed by atoms with Gasteiger partial charge in [-0.1, -0.05) is 41.4 Å². The third-order valence-electron chi connectivity index (χ3n) is 2.89. The summed E-state index contributed by atoms with van der Waals surface area (Å²) in [7, 11) is 0.